The molecule has 1 heterocycles. The van der Waals surface area contributed by atoms with Crippen molar-refractivity contribution in [3.63, 3.8) is 0 Å². The van der Waals surface area contributed by atoms with Gasteiger partial charge in [0.25, 0.3) is 0 Å². The highest BCUT2D eigenvalue weighted by Gasteiger charge is 2.72. The van der Waals surface area contributed by atoms with E-state index in [0.29, 0.717) is 19.3 Å². The largest absolute Gasteiger partial charge is 0.481 e. The second kappa shape index (κ2) is 11.6. The molecular weight excluding hydrogens is 592 g/mol. The van der Waals surface area contributed by atoms with E-state index in [1.54, 1.807) is 0 Å². The van der Waals surface area contributed by atoms with Gasteiger partial charge in [-0.2, -0.15) is 0 Å². The third-order valence-corrected chi connectivity index (χ3v) is 14.7. The predicted molar refractivity (Wildman–Crippen MR) is 169 cm³/mol. The van der Waals surface area contributed by atoms with Crippen molar-refractivity contribution >= 4 is 11.8 Å². The van der Waals surface area contributed by atoms with Gasteiger partial charge in [0.15, 0.2) is 6.29 Å². The number of carboxylic acids is 1. The fourth-order valence-corrected chi connectivity index (χ4v) is 11.5. The summed E-state index contributed by atoms with van der Waals surface area (Å²) in [7, 11) is 0. The minimum Gasteiger partial charge on any atom is -0.481 e. The van der Waals surface area contributed by atoms with Crippen LogP contribution in [0.4, 0.5) is 0 Å². The number of ketones is 1. The highest BCUT2D eigenvalue weighted by molar-refractivity contribution is 5.92. The maximum atomic E-state index is 14.3. The van der Waals surface area contributed by atoms with Crippen molar-refractivity contribution in [1.82, 2.24) is 0 Å². The van der Waals surface area contributed by atoms with Crippen LogP contribution in [0.15, 0.2) is 11.6 Å². The zero-order chi connectivity index (χ0) is 34.5. The number of aliphatic carboxylic acids is 1. The normalized spacial score (nSPS) is 51.0. The maximum absolute atomic E-state index is 14.3. The molecule has 262 valence electrons. The van der Waals surface area contributed by atoms with Crippen LogP contribution in [0.1, 0.15) is 94.4 Å². The lowest BCUT2D eigenvalue weighted by Gasteiger charge is -2.69. The van der Waals surface area contributed by atoms with Crippen molar-refractivity contribution in [3.05, 3.63) is 11.6 Å². The molecule has 4 fully saturated rings. The molecule has 4 aliphatic carbocycles. The molecule has 6 N–H and O–H groups in total. The molecule has 0 aromatic carbocycles. The quantitative estimate of drug-likeness (QED) is 0.185. The Hall–Kier alpha value is -1.40. The number of carboxylic acid groups (broad SMARTS) is 1. The maximum Gasteiger partial charge on any atom is 0.308 e. The average molecular weight is 651 g/mol. The van der Waals surface area contributed by atoms with Crippen molar-refractivity contribution in [2.24, 2.45) is 56.7 Å². The standard InChI is InChI=1S/C36H58O10/c1-17(2)18(3)36(9)24(39)15-35(8)20-10-11-23-32(4,5)29(46-31-27(42)26(41)25(40)22(16-37)45-31)21(38)14-33(23,6)19(20)12-13-34(35,7)28(36)30(43)44/h12,17-18,20-23,25-29,31,37-38,40-42H,10-11,13-16H2,1-9H3,(H,43,44)/t18-,20+,21-,22-,23+,25-,26+,27-,28+,29+,31+,33-,34+,35-,36+/m1/s1. The van der Waals surface area contributed by atoms with E-state index >= 15 is 0 Å². The summed E-state index contributed by atoms with van der Waals surface area (Å²) in [6.07, 6.45) is -3.90. The van der Waals surface area contributed by atoms with Crippen LogP contribution in [0.25, 0.3) is 0 Å². The lowest BCUT2D eigenvalue weighted by molar-refractivity contribution is -0.336. The molecule has 3 saturated carbocycles. The van der Waals surface area contributed by atoms with Crippen LogP contribution in [-0.4, -0.2) is 91.9 Å². The number of hydrogen-bond donors (Lipinski definition) is 6. The fraction of sp³-hybridized carbons (Fsp3) is 0.889. The smallest absolute Gasteiger partial charge is 0.308 e. The summed E-state index contributed by atoms with van der Waals surface area (Å²) in [5, 5.41) is 63.5. The molecule has 0 aromatic rings. The molecule has 0 amide bonds. The Kier molecular flexibility index (Phi) is 9.05. The van der Waals surface area contributed by atoms with Gasteiger partial charge in [-0.25, -0.2) is 0 Å². The summed E-state index contributed by atoms with van der Waals surface area (Å²) < 4.78 is 11.9. The monoisotopic (exact) mass is 650 g/mol. The topological polar surface area (TPSA) is 174 Å². The molecule has 5 aliphatic rings. The molecule has 1 saturated heterocycles. The predicted octanol–water partition coefficient (Wildman–Crippen LogP) is 3.31. The molecule has 5 rings (SSSR count). The van der Waals surface area contributed by atoms with Crippen LogP contribution in [0.2, 0.25) is 0 Å². The second-order valence-electron chi connectivity index (χ2n) is 17.3. The van der Waals surface area contributed by atoms with E-state index in [1.807, 2.05) is 27.7 Å². The lowest BCUT2D eigenvalue weighted by Crippen LogP contribution is -2.68. The molecule has 0 aromatic heterocycles. The van der Waals surface area contributed by atoms with Gasteiger partial charge in [-0.1, -0.05) is 74.0 Å². The molecule has 0 bridgehead atoms. The second-order valence-corrected chi connectivity index (χ2v) is 17.3. The summed E-state index contributed by atoms with van der Waals surface area (Å²) >= 11 is 0. The van der Waals surface area contributed by atoms with Gasteiger partial charge < -0.3 is 40.1 Å². The number of rotatable bonds is 6. The number of fused-ring (bicyclic) bond motifs is 5. The lowest BCUT2D eigenvalue weighted by atomic mass is 9.34. The highest BCUT2D eigenvalue weighted by Crippen LogP contribution is 2.73. The number of carbonyl (C=O) groups is 2. The number of ether oxygens (including phenoxy) is 2. The molecular formula is C36H58O10. The number of Topliss-reactive ketones (excluding diaryl/α,β-unsaturated/α-hetero) is 1. The number of aliphatic hydroxyl groups excluding tert-OH is 5. The fourth-order valence-electron chi connectivity index (χ4n) is 11.5. The summed E-state index contributed by atoms with van der Waals surface area (Å²) in [5.41, 5.74) is -2.12. The van der Waals surface area contributed by atoms with Gasteiger partial charge in [0.05, 0.1) is 24.7 Å². The molecule has 10 nitrogen and oxygen atoms in total. The van der Waals surface area contributed by atoms with Crippen LogP contribution >= 0.6 is 0 Å². The van der Waals surface area contributed by atoms with Crippen molar-refractivity contribution < 1.29 is 49.7 Å². The van der Waals surface area contributed by atoms with E-state index < -0.39 is 88.5 Å². The van der Waals surface area contributed by atoms with Crippen LogP contribution in [0, 0.1) is 56.7 Å². The SMILES string of the molecule is CC(C)[C@@H](C)[C@@]1(C)C(=O)C[C@]2(C)[C@H]3CC[C@H]4C(C)(C)[C@@H](O[C@@H]5O[C@H](CO)[C@@H](O)[C@H](O)[C@H]5O)[C@H](O)C[C@]4(C)C3=CC[C@@]2(C)[C@@H]1C(=O)O. The van der Waals surface area contributed by atoms with Crippen LogP contribution < -0.4 is 0 Å². The molecule has 10 heteroatoms. The minimum atomic E-state index is -1.58. The zero-order valence-corrected chi connectivity index (χ0v) is 29.1. The third kappa shape index (κ3) is 4.75. The first kappa shape index (κ1) is 35.9. The van der Waals surface area contributed by atoms with Crippen molar-refractivity contribution in [2.45, 2.75) is 137 Å². The molecule has 46 heavy (non-hydrogen) atoms. The molecule has 15 atom stereocenters. The van der Waals surface area contributed by atoms with E-state index in [0.717, 1.165) is 12.8 Å². The van der Waals surface area contributed by atoms with Gasteiger partial charge in [-0.05, 0) is 71.0 Å². The Balaban J connectivity index is 1.50. The van der Waals surface area contributed by atoms with Crippen LogP contribution in [0.5, 0.6) is 0 Å². The summed E-state index contributed by atoms with van der Waals surface area (Å²) in [4.78, 5) is 27.5. The van der Waals surface area contributed by atoms with E-state index in [9.17, 15) is 40.2 Å². The van der Waals surface area contributed by atoms with E-state index in [2.05, 4.69) is 40.7 Å². The Morgan fingerprint density at radius 3 is 2.17 bits per heavy atom. The third-order valence-electron chi connectivity index (χ3n) is 14.7. The molecule has 0 unspecified atom stereocenters. The Morgan fingerprint density at radius 1 is 0.978 bits per heavy atom. The van der Waals surface area contributed by atoms with E-state index in [1.165, 1.54) is 5.57 Å². The number of aliphatic hydroxyl groups is 5. The van der Waals surface area contributed by atoms with Gasteiger partial charge >= 0.3 is 5.97 Å². The number of allylic oxidation sites excluding steroid dienone is 2. The summed E-state index contributed by atoms with van der Waals surface area (Å²) in [6, 6.07) is 0. The highest BCUT2D eigenvalue weighted by atomic mass is 16.7. The average Bonchev–Trinajstić information content (AvgIpc) is 2.95. The van der Waals surface area contributed by atoms with Gasteiger partial charge in [0.1, 0.15) is 30.2 Å². The van der Waals surface area contributed by atoms with Crippen molar-refractivity contribution in [1.29, 1.82) is 0 Å². The Morgan fingerprint density at radius 2 is 1.61 bits per heavy atom. The number of carbonyl (C=O) groups excluding carboxylic acids is 1. The molecule has 0 spiro atoms. The Bertz CT molecular complexity index is 1250. The van der Waals surface area contributed by atoms with Gasteiger partial charge in [0, 0.05) is 11.8 Å². The first-order valence-electron chi connectivity index (χ1n) is 17.2. The minimum absolute atomic E-state index is 0.0249. The molecule has 1 aliphatic heterocycles. The van der Waals surface area contributed by atoms with Crippen LogP contribution in [-0.2, 0) is 19.1 Å². The number of hydrogen-bond acceptors (Lipinski definition) is 9. The zero-order valence-electron chi connectivity index (χ0n) is 29.1. The van der Waals surface area contributed by atoms with E-state index in [4.69, 9.17) is 9.47 Å². The Labute approximate surface area is 273 Å². The van der Waals surface area contributed by atoms with Crippen LogP contribution in [0.3, 0.4) is 0 Å². The molecule has 0 radical (unpaired) electrons. The van der Waals surface area contributed by atoms with Gasteiger partial charge in [-0.15, -0.1) is 0 Å². The van der Waals surface area contributed by atoms with Crippen molar-refractivity contribution in [3.8, 4) is 0 Å². The van der Waals surface area contributed by atoms with Gasteiger partial charge in [-0.3, -0.25) is 9.59 Å². The van der Waals surface area contributed by atoms with Crippen molar-refractivity contribution in [2.75, 3.05) is 6.61 Å². The first-order chi connectivity index (χ1) is 21.1. The summed E-state index contributed by atoms with van der Waals surface area (Å²) in [5.74, 6) is -1.65. The summed E-state index contributed by atoms with van der Waals surface area (Å²) in [6.45, 7) is 17.9. The first-order valence-corrected chi connectivity index (χ1v) is 17.2. The van der Waals surface area contributed by atoms with Gasteiger partial charge in [0.2, 0.25) is 0 Å². The van der Waals surface area contributed by atoms with E-state index in [-0.39, 0.29) is 29.5 Å².